The molecule has 0 aliphatic carbocycles. The van der Waals surface area contributed by atoms with Crippen LogP contribution in [0, 0.1) is 6.92 Å². The molecule has 2 nitrogen and oxygen atoms in total. The van der Waals surface area contributed by atoms with Crippen LogP contribution in [0.3, 0.4) is 0 Å². The van der Waals surface area contributed by atoms with Crippen LogP contribution in [-0.2, 0) is 22.9 Å². The van der Waals surface area contributed by atoms with Crippen molar-refractivity contribution in [3.63, 3.8) is 0 Å². The van der Waals surface area contributed by atoms with Gasteiger partial charge in [-0.25, -0.2) is 0 Å². The summed E-state index contributed by atoms with van der Waals surface area (Å²) in [6.07, 6.45) is 1.13. The maximum absolute atomic E-state index is 2.37. The average molecular weight is 551 g/mol. The van der Waals surface area contributed by atoms with Gasteiger partial charge in [0.2, 0.25) is 0 Å². The SMILES string of the molecule is CC.Cc1c(CCN(C)C)c2ccccc2n1C.[I][V][I]. The molecule has 0 amide bonds. The minimum absolute atomic E-state index is 0.628. The average Bonchev–Trinajstić information content (AvgIpc) is 2.72. The van der Waals surface area contributed by atoms with Crippen molar-refractivity contribution < 1.29 is 9.47 Å². The number of hydrogen-bond donors (Lipinski definition) is 0. The third kappa shape index (κ3) is 6.81. The first-order valence-electron chi connectivity index (χ1n) is 7.12. The summed E-state index contributed by atoms with van der Waals surface area (Å²) in [5.41, 5.74) is 4.23. The number of para-hydroxylation sites is 1. The summed E-state index contributed by atoms with van der Waals surface area (Å²) in [4.78, 5) is 2.24. The van der Waals surface area contributed by atoms with Gasteiger partial charge in [0.25, 0.3) is 0 Å². The first kappa shape index (κ1) is 21.8. The van der Waals surface area contributed by atoms with Crippen LogP contribution in [0.5, 0.6) is 0 Å². The molecule has 0 fully saturated rings. The van der Waals surface area contributed by atoms with Crippen LogP contribution < -0.4 is 0 Å². The Kier molecular flexibility index (Phi) is 12.7. The zero-order chi connectivity index (χ0) is 16.4. The molecule has 0 N–H and O–H groups in total. The summed E-state index contributed by atoms with van der Waals surface area (Å²) in [5.74, 6) is 0. The molecule has 0 bridgehead atoms. The molecule has 0 saturated carbocycles. The van der Waals surface area contributed by atoms with Gasteiger partial charge in [-0.05, 0) is 39.1 Å². The Labute approximate surface area is 158 Å². The Hall–Kier alpha value is 0.764. The van der Waals surface area contributed by atoms with Crippen LogP contribution in [-0.4, -0.2) is 30.1 Å². The van der Waals surface area contributed by atoms with E-state index in [-0.39, 0.29) is 0 Å². The van der Waals surface area contributed by atoms with Crippen LogP contribution in [0.2, 0.25) is 0 Å². The van der Waals surface area contributed by atoms with E-state index in [9.17, 15) is 0 Å². The predicted octanol–water partition coefficient (Wildman–Crippen LogP) is 5.39. The van der Waals surface area contributed by atoms with Gasteiger partial charge in [0, 0.05) is 30.2 Å². The van der Waals surface area contributed by atoms with E-state index in [1.165, 1.54) is 22.2 Å². The van der Waals surface area contributed by atoms with Gasteiger partial charge in [0.15, 0.2) is 0 Å². The molecule has 119 valence electrons. The van der Waals surface area contributed by atoms with Gasteiger partial charge in [-0.3, -0.25) is 0 Å². The predicted molar refractivity (Wildman–Crippen MR) is 109 cm³/mol. The number of halogens is 2. The van der Waals surface area contributed by atoms with Crippen LogP contribution in [0.25, 0.3) is 10.9 Å². The molecule has 5 heteroatoms. The van der Waals surface area contributed by atoms with E-state index in [4.69, 9.17) is 0 Å². The molecule has 0 spiro atoms. The fourth-order valence-corrected chi connectivity index (χ4v) is 2.25. The molecule has 2 aromatic rings. The number of aromatic nitrogens is 1. The molecule has 0 aliphatic heterocycles. The fourth-order valence-electron chi connectivity index (χ4n) is 2.25. The second-order valence-corrected chi connectivity index (χ2v) is 16.5. The number of benzene rings is 1. The Bertz CT molecular complexity index is 524. The van der Waals surface area contributed by atoms with Gasteiger partial charge in [-0.15, -0.1) is 0 Å². The quantitative estimate of drug-likeness (QED) is 0.466. The van der Waals surface area contributed by atoms with Gasteiger partial charge >= 0.3 is 49.4 Å². The van der Waals surface area contributed by atoms with Crippen molar-refractivity contribution in [1.82, 2.24) is 9.47 Å². The number of hydrogen-bond acceptors (Lipinski definition) is 1. The molecule has 0 aliphatic rings. The Morgan fingerprint density at radius 2 is 1.67 bits per heavy atom. The van der Waals surface area contributed by atoms with E-state index in [0.29, 0.717) is 9.47 Å². The second-order valence-electron chi connectivity index (χ2n) is 4.76. The standard InChI is InChI=1S/C14H20N2.C2H6.2HI.V/c1-11-12(9-10-15(2)3)13-7-5-6-8-14(13)16(11)4;1-2;;;/h5-8H,9-10H2,1-4H3;1-2H3;2*1H;/q;;;;+2/p-2. The summed E-state index contributed by atoms with van der Waals surface area (Å²) in [7, 11) is 7.03. The fraction of sp³-hybridized carbons (Fsp3) is 0.500. The normalized spacial score (nSPS) is 9.76. The van der Waals surface area contributed by atoms with Gasteiger partial charge in [-0.2, -0.15) is 0 Å². The first-order valence-corrected chi connectivity index (χ1v) is 16.1. The van der Waals surface area contributed by atoms with Crippen LogP contribution >= 0.6 is 40.0 Å². The maximum atomic E-state index is 2.37. The molecule has 0 unspecified atom stereocenters. The van der Waals surface area contributed by atoms with Crippen LogP contribution in [0.4, 0.5) is 0 Å². The minimum atomic E-state index is 0.628. The van der Waals surface area contributed by atoms with Crippen molar-refractivity contribution in [2.45, 2.75) is 27.2 Å². The topological polar surface area (TPSA) is 8.17 Å². The zero-order valence-corrected chi connectivity index (χ0v) is 19.5. The third-order valence-electron chi connectivity index (χ3n) is 3.34. The summed E-state index contributed by atoms with van der Waals surface area (Å²) in [6, 6.07) is 8.66. The molecule has 21 heavy (non-hydrogen) atoms. The number of aryl methyl sites for hydroxylation is 1. The van der Waals surface area contributed by atoms with Crippen LogP contribution in [0.15, 0.2) is 24.3 Å². The van der Waals surface area contributed by atoms with E-state index in [1.807, 2.05) is 13.8 Å². The van der Waals surface area contributed by atoms with Gasteiger partial charge < -0.3 is 9.47 Å². The molecule has 1 aromatic heterocycles. The number of nitrogens with zero attached hydrogens (tertiary/aromatic N) is 2. The summed E-state index contributed by atoms with van der Waals surface area (Å²) in [5, 5.41) is 1.41. The van der Waals surface area contributed by atoms with Crippen molar-refractivity contribution in [1.29, 1.82) is 0 Å². The number of fused-ring (bicyclic) bond motifs is 1. The second kappa shape index (κ2) is 12.2. The van der Waals surface area contributed by atoms with Crippen molar-refractivity contribution in [3.05, 3.63) is 35.5 Å². The van der Waals surface area contributed by atoms with E-state index in [1.54, 1.807) is 0 Å². The molecule has 0 atom stereocenters. The van der Waals surface area contributed by atoms with Gasteiger partial charge in [0.1, 0.15) is 0 Å². The summed E-state index contributed by atoms with van der Waals surface area (Å²) >= 11 is 4.74. The van der Waals surface area contributed by atoms with Crippen molar-refractivity contribution in [2.75, 3.05) is 20.6 Å². The van der Waals surface area contributed by atoms with E-state index < -0.39 is 0 Å². The molecular formula is C16H26I2N2V. The molecule has 0 radical (unpaired) electrons. The van der Waals surface area contributed by atoms with E-state index in [2.05, 4.69) is 102 Å². The Balaban J connectivity index is 0.000000713. The van der Waals surface area contributed by atoms with E-state index >= 15 is 0 Å². The third-order valence-corrected chi connectivity index (χ3v) is 3.34. The summed E-state index contributed by atoms with van der Waals surface area (Å²) in [6.45, 7) is 7.32. The molecule has 1 heterocycles. The Morgan fingerprint density at radius 1 is 1.14 bits per heavy atom. The van der Waals surface area contributed by atoms with Gasteiger partial charge in [-0.1, -0.05) is 32.0 Å². The molecule has 1 aromatic carbocycles. The Morgan fingerprint density at radius 3 is 2.19 bits per heavy atom. The first-order chi connectivity index (χ1) is 10.0. The van der Waals surface area contributed by atoms with Crippen molar-refractivity contribution in [2.24, 2.45) is 7.05 Å². The molecule has 0 saturated heterocycles. The number of likely N-dealkylation sites (N-methyl/N-ethyl adjacent to an activating group) is 1. The van der Waals surface area contributed by atoms with Crippen molar-refractivity contribution >= 4 is 50.9 Å². The van der Waals surface area contributed by atoms with Gasteiger partial charge in [0.05, 0.1) is 0 Å². The van der Waals surface area contributed by atoms with E-state index in [0.717, 1.165) is 13.0 Å². The summed E-state index contributed by atoms with van der Waals surface area (Å²) < 4.78 is 2.29. The monoisotopic (exact) mass is 551 g/mol. The molecule has 2 rings (SSSR count). The molecular weight excluding hydrogens is 525 g/mol. The van der Waals surface area contributed by atoms with Crippen molar-refractivity contribution in [3.8, 4) is 0 Å². The zero-order valence-electron chi connectivity index (χ0n) is 13.8. The number of rotatable bonds is 3. The van der Waals surface area contributed by atoms with Crippen LogP contribution in [0.1, 0.15) is 25.1 Å².